The molecule has 3 fully saturated rings. The lowest BCUT2D eigenvalue weighted by Crippen LogP contribution is -2.61. The van der Waals surface area contributed by atoms with E-state index >= 15 is 0 Å². The molecule has 10 nitrogen and oxygen atoms in total. The first-order valence-corrected chi connectivity index (χ1v) is 18.0. The van der Waals surface area contributed by atoms with E-state index in [0.717, 1.165) is 25.7 Å². The number of aliphatic hydroxyl groups is 3. The normalized spacial score (nSPS) is 40.8. The van der Waals surface area contributed by atoms with E-state index in [-0.39, 0.29) is 30.1 Å². The molecule has 3 aliphatic heterocycles. The maximum atomic E-state index is 13.9. The van der Waals surface area contributed by atoms with E-state index in [0.29, 0.717) is 57.8 Å². The second kappa shape index (κ2) is 16.8. The predicted molar refractivity (Wildman–Crippen MR) is 176 cm³/mol. The monoisotopic (exact) mass is 659 g/mol. The van der Waals surface area contributed by atoms with Gasteiger partial charge in [0.2, 0.25) is 5.79 Å². The van der Waals surface area contributed by atoms with E-state index in [2.05, 4.69) is 19.1 Å². The molecule has 11 atom stereocenters. The smallest absolute Gasteiger partial charge is 0.329 e. The number of amides is 1. The van der Waals surface area contributed by atoms with Crippen LogP contribution in [0.25, 0.3) is 0 Å². The van der Waals surface area contributed by atoms with Crippen molar-refractivity contribution in [2.45, 2.75) is 147 Å². The van der Waals surface area contributed by atoms with Crippen LogP contribution in [0, 0.1) is 29.6 Å². The molecule has 0 aromatic carbocycles. The Kier molecular flexibility index (Phi) is 13.4. The number of esters is 1. The van der Waals surface area contributed by atoms with Gasteiger partial charge in [0.05, 0.1) is 18.3 Å². The van der Waals surface area contributed by atoms with E-state index in [1.807, 2.05) is 13.0 Å². The zero-order valence-corrected chi connectivity index (χ0v) is 28.7. The lowest BCUT2D eigenvalue weighted by Gasteiger charge is -2.43. The van der Waals surface area contributed by atoms with Crippen molar-refractivity contribution in [3.63, 3.8) is 0 Å². The quantitative estimate of drug-likeness (QED) is 0.227. The van der Waals surface area contributed by atoms with Crippen LogP contribution >= 0.6 is 0 Å². The Morgan fingerprint density at radius 3 is 2.40 bits per heavy atom. The summed E-state index contributed by atoms with van der Waals surface area (Å²) >= 11 is 0. The summed E-state index contributed by atoms with van der Waals surface area (Å²) in [7, 11) is 0. The number of hydrogen-bond donors (Lipinski definition) is 3. The fourth-order valence-corrected chi connectivity index (χ4v) is 7.72. The van der Waals surface area contributed by atoms with Gasteiger partial charge in [0.1, 0.15) is 12.1 Å². The Bertz CT molecular complexity index is 1170. The molecule has 2 bridgehead atoms. The van der Waals surface area contributed by atoms with Crippen molar-refractivity contribution in [1.29, 1.82) is 0 Å². The van der Waals surface area contributed by atoms with Crippen LogP contribution < -0.4 is 0 Å². The van der Waals surface area contributed by atoms with Crippen molar-refractivity contribution in [3.8, 4) is 0 Å². The number of carbonyl (C=O) groups excluding carboxylic acids is 4. The zero-order chi connectivity index (χ0) is 34.3. The van der Waals surface area contributed by atoms with E-state index in [9.17, 15) is 34.5 Å². The second-order valence-corrected chi connectivity index (χ2v) is 14.8. The molecule has 1 amide bonds. The number of Topliss-reactive ketones (excluding diaryl/α,β-unsaturated/α-hetero) is 1. The molecule has 264 valence electrons. The lowest BCUT2D eigenvalue weighted by atomic mass is 9.78. The van der Waals surface area contributed by atoms with Crippen molar-refractivity contribution in [2.24, 2.45) is 29.6 Å². The van der Waals surface area contributed by atoms with Gasteiger partial charge in [0.15, 0.2) is 5.78 Å². The van der Waals surface area contributed by atoms with Crippen LogP contribution in [0.3, 0.4) is 0 Å². The van der Waals surface area contributed by atoms with Crippen LogP contribution in [0.4, 0.5) is 0 Å². The highest BCUT2D eigenvalue weighted by Crippen LogP contribution is 2.37. The van der Waals surface area contributed by atoms with Crippen molar-refractivity contribution < 1.29 is 44.0 Å². The first kappa shape index (κ1) is 37.4. The zero-order valence-electron chi connectivity index (χ0n) is 28.7. The Hall–Kier alpha value is -2.40. The Labute approximate surface area is 279 Å². The van der Waals surface area contributed by atoms with Gasteiger partial charge >= 0.3 is 5.97 Å². The highest BCUT2D eigenvalue weighted by atomic mass is 16.6. The fraction of sp³-hybridized carbons (Fsp3) is 0.784. The van der Waals surface area contributed by atoms with Crippen LogP contribution in [-0.4, -0.2) is 86.5 Å². The summed E-state index contributed by atoms with van der Waals surface area (Å²) < 4.78 is 12.2. The van der Waals surface area contributed by atoms with Crippen LogP contribution in [-0.2, 0) is 28.7 Å². The lowest BCUT2D eigenvalue weighted by molar-refractivity contribution is -0.268. The summed E-state index contributed by atoms with van der Waals surface area (Å²) in [5, 5.41) is 31.9. The fourth-order valence-electron chi connectivity index (χ4n) is 7.72. The SMILES string of the molecule is C[C@@H]1/C=C/CC/C=C/C(=O)[C@H](C)[C@@H]2CC[C@@H](C)[C@@](O)(O2)C(=O)C(=O)N2CCCC[C@H]2C(=O)O[C@H]([C@H](C)C[C@@H]2CC[C@@H](O)[C@H](O)C2)CC1. The maximum Gasteiger partial charge on any atom is 0.329 e. The molecule has 1 aliphatic carbocycles. The minimum Gasteiger partial charge on any atom is -0.461 e. The predicted octanol–water partition coefficient (Wildman–Crippen LogP) is 4.43. The molecular weight excluding hydrogens is 602 g/mol. The van der Waals surface area contributed by atoms with Gasteiger partial charge in [-0.1, -0.05) is 45.9 Å². The van der Waals surface area contributed by atoms with Gasteiger partial charge in [-0.05, 0) is 107 Å². The van der Waals surface area contributed by atoms with Gasteiger partial charge in [0.25, 0.3) is 11.7 Å². The van der Waals surface area contributed by atoms with Crippen LogP contribution in [0.1, 0.15) is 111 Å². The van der Waals surface area contributed by atoms with Crippen molar-refractivity contribution in [1.82, 2.24) is 4.90 Å². The maximum absolute atomic E-state index is 13.9. The summed E-state index contributed by atoms with van der Waals surface area (Å²) in [6.07, 6.45) is 12.9. The van der Waals surface area contributed by atoms with E-state index in [4.69, 9.17) is 9.47 Å². The Morgan fingerprint density at radius 2 is 1.66 bits per heavy atom. The first-order chi connectivity index (χ1) is 22.3. The molecule has 0 radical (unpaired) electrons. The third-order valence-corrected chi connectivity index (χ3v) is 11.1. The number of ketones is 2. The molecule has 1 saturated carbocycles. The second-order valence-electron chi connectivity index (χ2n) is 14.8. The number of fused-ring (bicyclic) bond motifs is 3. The minimum atomic E-state index is -2.40. The highest BCUT2D eigenvalue weighted by Gasteiger charge is 2.53. The number of piperidine rings is 1. The number of nitrogens with zero attached hydrogens (tertiary/aromatic N) is 1. The van der Waals surface area contributed by atoms with Crippen molar-refractivity contribution in [3.05, 3.63) is 24.3 Å². The molecule has 0 unspecified atom stereocenters. The average molecular weight is 660 g/mol. The number of rotatable bonds is 3. The number of cyclic esters (lactones) is 1. The van der Waals surface area contributed by atoms with E-state index in [1.54, 1.807) is 13.8 Å². The van der Waals surface area contributed by atoms with Gasteiger partial charge in [-0.25, -0.2) is 4.79 Å². The first-order valence-electron chi connectivity index (χ1n) is 18.0. The van der Waals surface area contributed by atoms with E-state index < -0.39 is 65.7 Å². The number of allylic oxidation sites excluding steroid dienone is 4. The Balaban J connectivity index is 1.59. The number of ether oxygens (including phenoxy) is 2. The van der Waals surface area contributed by atoms with E-state index in [1.165, 1.54) is 11.0 Å². The molecule has 0 aromatic rings. The highest BCUT2D eigenvalue weighted by molar-refractivity contribution is 6.39. The van der Waals surface area contributed by atoms with Crippen LogP contribution in [0.2, 0.25) is 0 Å². The van der Waals surface area contributed by atoms with Gasteiger partial charge in [-0.3, -0.25) is 14.4 Å². The number of hydrogen-bond acceptors (Lipinski definition) is 9. The standard InChI is InChI=1S/C37H57NO9/c1-23-11-7-5-6-8-13-29(39)26(4)33-19-15-25(3)37(45,47-33)34(42)35(43)38-20-10-9-12-28(38)36(44)46-32(18-14-23)24(2)21-27-16-17-30(40)31(41)22-27/h7-8,11,13,23-28,30-33,40-41,45H,5-6,9-10,12,14-22H2,1-4H3/b11-7+,13-8+/t23-,24-,25-,26+,27+,28+,30-,31-,32+,33+,37-/m1/s1. The summed E-state index contributed by atoms with van der Waals surface area (Å²) in [6.45, 7) is 7.72. The van der Waals surface area contributed by atoms with Crippen LogP contribution in [0.15, 0.2) is 24.3 Å². The van der Waals surface area contributed by atoms with Crippen molar-refractivity contribution >= 4 is 23.4 Å². The van der Waals surface area contributed by atoms with Gasteiger partial charge in [0, 0.05) is 18.4 Å². The van der Waals surface area contributed by atoms with Gasteiger partial charge in [-0.15, -0.1) is 0 Å². The topological polar surface area (TPSA) is 151 Å². The molecule has 47 heavy (non-hydrogen) atoms. The van der Waals surface area contributed by atoms with Gasteiger partial charge < -0.3 is 29.7 Å². The molecule has 4 rings (SSSR count). The third kappa shape index (κ3) is 9.40. The molecule has 4 aliphatic rings. The number of aliphatic hydroxyl groups excluding tert-OH is 2. The van der Waals surface area contributed by atoms with Gasteiger partial charge in [-0.2, -0.15) is 0 Å². The Morgan fingerprint density at radius 1 is 0.915 bits per heavy atom. The largest absolute Gasteiger partial charge is 0.461 e. The molecule has 10 heteroatoms. The molecule has 0 spiro atoms. The molecule has 2 saturated heterocycles. The summed E-state index contributed by atoms with van der Waals surface area (Å²) in [4.78, 5) is 55.7. The molecule has 0 aromatic heterocycles. The molecule has 3 N–H and O–H groups in total. The number of carbonyl (C=O) groups is 4. The summed E-state index contributed by atoms with van der Waals surface area (Å²) in [6, 6.07) is -0.961. The summed E-state index contributed by atoms with van der Waals surface area (Å²) in [5.74, 6) is -6.10. The van der Waals surface area contributed by atoms with Crippen molar-refractivity contribution in [2.75, 3.05) is 6.54 Å². The molecular formula is C37H57NO9. The third-order valence-electron chi connectivity index (χ3n) is 11.1. The molecule has 3 heterocycles. The minimum absolute atomic E-state index is 0.0302. The average Bonchev–Trinajstić information content (AvgIpc) is 3.05. The summed E-state index contributed by atoms with van der Waals surface area (Å²) in [5.41, 5.74) is 0. The van der Waals surface area contributed by atoms with Crippen LogP contribution in [0.5, 0.6) is 0 Å².